The molecule has 0 spiro atoms. The largest absolute Gasteiger partial charge is 0.477 e. The van der Waals surface area contributed by atoms with Crippen LogP contribution in [0.3, 0.4) is 0 Å². The van der Waals surface area contributed by atoms with Gasteiger partial charge in [-0.2, -0.15) is 0 Å². The molecule has 1 aliphatic rings. The first-order valence-electron chi connectivity index (χ1n) is 7.21. The van der Waals surface area contributed by atoms with E-state index in [0.29, 0.717) is 12.5 Å². The average molecular weight is 291 g/mol. The van der Waals surface area contributed by atoms with Crippen molar-refractivity contribution in [3.63, 3.8) is 0 Å². The second-order valence-corrected chi connectivity index (χ2v) is 5.57. The predicted octanol–water partition coefficient (Wildman–Crippen LogP) is 2.11. The second-order valence-electron chi connectivity index (χ2n) is 5.57. The molecule has 0 bridgehead atoms. The van der Waals surface area contributed by atoms with Crippen LogP contribution in [0.25, 0.3) is 0 Å². The van der Waals surface area contributed by atoms with Gasteiger partial charge in [0.15, 0.2) is 0 Å². The van der Waals surface area contributed by atoms with Crippen molar-refractivity contribution in [2.24, 2.45) is 5.92 Å². The van der Waals surface area contributed by atoms with Crippen LogP contribution in [0.15, 0.2) is 18.3 Å². The Morgan fingerprint density at radius 2 is 2.19 bits per heavy atom. The molecule has 1 fully saturated rings. The normalized spacial score (nSPS) is 21.9. The van der Waals surface area contributed by atoms with Crippen LogP contribution in [0, 0.1) is 5.92 Å². The number of hydrogen-bond donors (Lipinski definition) is 2. The summed E-state index contributed by atoms with van der Waals surface area (Å²) in [5, 5.41) is 11.6. The van der Waals surface area contributed by atoms with Gasteiger partial charge in [-0.15, -0.1) is 0 Å². The molecule has 2 atom stereocenters. The Bertz CT molecular complexity index is 515. The van der Waals surface area contributed by atoms with Crippen molar-refractivity contribution < 1.29 is 14.7 Å². The molecular formula is C15H21N3O3. The Morgan fingerprint density at radius 3 is 2.81 bits per heavy atom. The molecule has 0 radical (unpaired) electrons. The van der Waals surface area contributed by atoms with E-state index < -0.39 is 5.97 Å². The van der Waals surface area contributed by atoms with E-state index in [9.17, 15) is 9.59 Å². The van der Waals surface area contributed by atoms with Crippen molar-refractivity contribution in [2.45, 2.75) is 39.3 Å². The molecule has 2 N–H and O–H groups in total. The number of carbonyl (C=O) groups excluding carboxylic acids is 1. The number of carboxylic acids is 1. The van der Waals surface area contributed by atoms with Gasteiger partial charge < -0.3 is 15.3 Å². The third-order valence-electron chi connectivity index (χ3n) is 4.12. The molecule has 21 heavy (non-hydrogen) atoms. The molecule has 1 aromatic heterocycles. The minimum absolute atomic E-state index is 0.00329. The van der Waals surface area contributed by atoms with Gasteiger partial charge in [-0.3, -0.25) is 0 Å². The van der Waals surface area contributed by atoms with Crippen LogP contribution in [-0.2, 0) is 6.54 Å². The van der Waals surface area contributed by atoms with E-state index >= 15 is 0 Å². The van der Waals surface area contributed by atoms with E-state index in [0.717, 1.165) is 24.9 Å². The number of nitrogens with one attached hydrogen (secondary N) is 1. The molecule has 114 valence electrons. The van der Waals surface area contributed by atoms with Crippen LogP contribution in [-0.4, -0.2) is 39.6 Å². The summed E-state index contributed by atoms with van der Waals surface area (Å²) in [4.78, 5) is 28.6. The Hall–Kier alpha value is -2.11. The summed E-state index contributed by atoms with van der Waals surface area (Å²) in [5.74, 6) is -0.539. The minimum Gasteiger partial charge on any atom is -0.477 e. The zero-order valence-electron chi connectivity index (χ0n) is 12.4. The molecular weight excluding hydrogens is 270 g/mol. The first-order valence-corrected chi connectivity index (χ1v) is 7.21. The number of pyridine rings is 1. The highest BCUT2D eigenvalue weighted by Gasteiger charge is 2.28. The Balaban J connectivity index is 1.90. The summed E-state index contributed by atoms with van der Waals surface area (Å²) in [6.07, 6.45) is 3.67. The van der Waals surface area contributed by atoms with E-state index in [4.69, 9.17) is 5.11 Å². The summed E-state index contributed by atoms with van der Waals surface area (Å²) in [7, 11) is 0. The smallest absolute Gasteiger partial charge is 0.354 e. The molecule has 2 amide bonds. The molecule has 2 heterocycles. The molecule has 0 saturated carbocycles. The highest BCUT2D eigenvalue weighted by atomic mass is 16.4. The SMILES string of the molecule is CC1CCCN(C(=O)NCc2ccc(C(=O)O)nc2)C1C. The Morgan fingerprint density at radius 1 is 1.43 bits per heavy atom. The number of aromatic nitrogens is 1. The highest BCUT2D eigenvalue weighted by molar-refractivity contribution is 5.85. The number of hydrogen-bond acceptors (Lipinski definition) is 3. The monoisotopic (exact) mass is 291 g/mol. The number of rotatable bonds is 3. The molecule has 2 unspecified atom stereocenters. The third-order valence-corrected chi connectivity index (χ3v) is 4.12. The van der Waals surface area contributed by atoms with Crippen molar-refractivity contribution in [1.29, 1.82) is 0 Å². The number of likely N-dealkylation sites (tertiary alicyclic amines) is 1. The lowest BCUT2D eigenvalue weighted by Gasteiger charge is -2.37. The lowest BCUT2D eigenvalue weighted by Crippen LogP contribution is -2.50. The molecule has 1 aliphatic heterocycles. The van der Waals surface area contributed by atoms with Gasteiger partial charge in [0.1, 0.15) is 5.69 Å². The zero-order valence-corrected chi connectivity index (χ0v) is 12.4. The maximum Gasteiger partial charge on any atom is 0.354 e. The highest BCUT2D eigenvalue weighted by Crippen LogP contribution is 2.22. The molecule has 6 nitrogen and oxygen atoms in total. The first-order chi connectivity index (χ1) is 9.99. The lowest BCUT2D eigenvalue weighted by atomic mass is 9.92. The number of aromatic carboxylic acids is 1. The van der Waals surface area contributed by atoms with Gasteiger partial charge in [-0.25, -0.2) is 14.6 Å². The van der Waals surface area contributed by atoms with Crippen LogP contribution in [0.4, 0.5) is 4.79 Å². The van der Waals surface area contributed by atoms with Crippen LogP contribution in [0.2, 0.25) is 0 Å². The zero-order chi connectivity index (χ0) is 15.4. The Labute approximate surface area is 124 Å². The van der Waals surface area contributed by atoms with Crippen molar-refractivity contribution in [3.8, 4) is 0 Å². The van der Waals surface area contributed by atoms with Gasteiger partial charge in [0.2, 0.25) is 0 Å². The van der Waals surface area contributed by atoms with E-state index in [1.54, 1.807) is 6.07 Å². The van der Waals surface area contributed by atoms with Gasteiger partial charge in [-0.05, 0) is 37.3 Å². The third kappa shape index (κ3) is 3.71. The van der Waals surface area contributed by atoms with Crippen LogP contribution in [0.5, 0.6) is 0 Å². The van der Waals surface area contributed by atoms with E-state index in [2.05, 4.69) is 24.1 Å². The van der Waals surface area contributed by atoms with E-state index in [1.165, 1.54) is 12.3 Å². The summed E-state index contributed by atoms with van der Waals surface area (Å²) in [6.45, 7) is 5.38. The molecule has 2 rings (SSSR count). The number of piperidine rings is 1. The number of nitrogens with zero attached hydrogens (tertiary/aromatic N) is 2. The van der Waals surface area contributed by atoms with Gasteiger partial charge in [0.05, 0.1) is 0 Å². The van der Waals surface area contributed by atoms with Gasteiger partial charge in [-0.1, -0.05) is 13.0 Å². The number of carboxylic acid groups (broad SMARTS) is 1. The van der Waals surface area contributed by atoms with Gasteiger partial charge in [0.25, 0.3) is 0 Å². The summed E-state index contributed by atoms with van der Waals surface area (Å²) >= 11 is 0. The number of carbonyl (C=O) groups is 2. The summed E-state index contributed by atoms with van der Waals surface area (Å²) in [6, 6.07) is 3.27. The maximum atomic E-state index is 12.2. The topological polar surface area (TPSA) is 82.5 Å². The fourth-order valence-electron chi connectivity index (χ4n) is 2.56. The molecule has 0 aliphatic carbocycles. The van der Waals surface area contributed by atoms with Crippen LogP contribution >= 0.6 is 0 Å². The molecule has 0 aromatic carbocycles. The maximum absolute atomic E-state index is 12.2. The summed E-state index contributed by atoms with van der Waals surface area (Å²) < 4.78 is 0. The summed E-state index contributed by atoms with van der Waals surface area (Å²) in [5.41, 5.74) is 0.787. The van der Waals surface area contributed by atoms with Crippen molar-refractivity contribution in [2.75, 3.05) is 6.54 Å². The van der Waals surface area contributed by atoms with E-state index in [1.807, 2.05) is 4.90 Å². The van der Waals surface area contributed by atoms with Crippen LogP contribution in [0.1, 0.15) is 42.7 Å². The fourth-order valence-corrected chi connectivity index (χ4v) is 2.56. The Kier molecular flexibility index (Phi) is 4.77. The first kappa shape index (κ1) is 15.3. The second kappa shape index (κ2) is 6.56. The van der Waals surface area contributed by atoms with E-state index in [-0.39, 0.29) is 17.8 Å². The number of amides is 2. The molecule has 6 heteroatoms. The van der Waals surface area contributed by atoms with Gasteiger partial charge in [0, 0.05) is 25.3 Å². The average Bonchev–Trinajstić information content (AvgIpc) is 2.48. The van der Waals surface area contributed by atoms with Crippen molar-refractivity contribution in [3.05, 3.63) is 29.6 Å². The van der Waals surface area contributed by atoms with Crippen LogP contribution < -0.4 is 5.32 Å². The predicted molar refractivity (Wildman–Crippen MR) is 78.0 cm³/mol. The van der Waals surface area contributed by atoms with Crippen molar-refractivity contribution >= 4 is 12.0 Å². The standard InChI is InChI=1S/C15H21N3O3/c1-10-4-3-7-18(11(10)2)15(21)17-9-12-5-6-13(14(19)20)16-8-12/h5-6,8,10-11H,3-4,7,9H2,1-2H3,(H,17,21)(H,19,20). The molecule has 1 saturated heterocycles. The fraction of sp³-hybridized carbons (Fsp3) is 0.533. The minimum atomic E-state index is -1.05. The quantitative estimate of drug-likeness (QED) is 0.893. The number of urea groups is 1. The lowest BCUT2D eigenvalue weighted by molar-refractivity contribution is 0.0690. The molecule has 1 aromatic rings. The van der Waals surface area contributed by atoms with Crippen molar-refractivity contribution in [1.82, 2.24) is 15.2 Å². The van der Waals surface area contributed by atoms with Gasteiger partial charge >= 0.3 is 12.0 Å².